The summed E-state index contributed by atoms with van der Waals surface area (Å²) in [5, 5.41) is 6.62. The number of piperidine rings is 1. The highest BCUT2D eigenvalue weighted by Crippen LogP contribution is 2.21. The molecule has 0 aliphatic carbocycles. The second kappa shape index (κ2) is 11.0. The number of halogens is 2. The first-order chi connectivity index (χ1) is 13.3. The summed E-state index contributed by atoms with van der Waals surface area (Å²) in [4.78, 5) is 27.7. The molecule has 8 heteroatoms. The maximum Gasteiger partial charge on any atom is 0.253 e. The number of nitrogens with zero attached hydrogens (tertiary/aromatic N) is 1. The van der Waals surface area contributed by atoms with E-state index < -0.39 is 6.04 Å². The predicted molar refractivity (Wildman–Crippen MR) is 112 cm³/mol. The molecule has 1 heterocycles. The fourth-order valence-electron chi connectivity index (χ4n) is 3.24. The van der Waals surface area contributed by atoms with E-state index in [-0.39, 0.29) is 28.8 Å². The number of amides is 2. The predicted octanol–water partition coefficient (Wildman–Crippen LogP) is 2.97. The zero-order chi connectivity index (χ0) is 20.7. The fraction of sp³-hybridized carbons (Fsp3) is 0.600. The molecule has 0 saturated carbocycles. The van der Waals surface area contributed by atoms with E-state index in [1.165, 1.54) is 6.07 Å². The number of hydrogen-bond donors (Lipinski definition) is 2. The maximum atomic E-state index is 12.8. The lowest BCUT2D eigenvalue weighted by atomic mass is 10.00. The summed E-state index contributed by atoms with van der Waals surface area (Å²) in [7, 11) is 1.70. The third-order valence-corrected chi connectivity index (χ3v) is 5.50. The number of ether oxygens (including phenoxy) is 1. The highest BCUT2D eigenvalue weighted by Gasteiger charge is 2.28. The zero-order valence-electron chi connectivity index (χ0n) is 16.6. The van der Waals surface area contributed by atoms with Gasteiger partial charge in [-0.15, -0.1) is 0 Å². The SMILES string of the molecule is COCCN1CCC(NC(=O)C(NC(=O)c2ccc(Cl)cc2Cl)C(C)C)CC1. The molecular weight excluding hydrogens is 401 g/mol. The number of rotatable bonds is 8. The standard InChI is InChI=1S/C20H29Cl2N3O3/c1-13(2)18(24-19(26)16-5-4-14(21)12-17(16)22)20(27)23-15-6-8-25(9-7-15)10-11-28-3/h4-5,12-13,15,18H,6-11H2,1-3H3,(H,23,27)(H,24,26). The van der Waals surface area contributed by atoms with Gasteiger partial charge in [0.2, 0.25) is 5.91 Å². The minimum absolute atomic E-state index is 0.0585. The highest BCUT2D eigenvalue weighted by atomic mass is 35.5. The number of carbonyl (C=O) groups is 2. The van der Waals surface area contributed by atoms with Crippen molar-refractivity contribution < 1.29 is 14.3 Å². The highest BCUT2D eigenvalue weighted by molar-refractivity contribution is 6.36. The number of nitrogens with one attached hydrogen (secondary N) is 2. The Labute approximate surface area is 176 Å². The number of carbonyl (C=O) groups excluding carboxylic acids is 2. The first-order valence-electron chi connectivity index (χ1n) is 9.59. The van der Waals surface area contributed by atoms with Crippen molar-refractivity contribution in [1.29, 1.82) is 0 Å². The number of hydrogen-bond acceptors (Lipinski definition) is 4. The van der Waals surface area contributed by atoms with Crippen LogP contribution in [0.1, 0.15) is 37.0 Å². The van der Waals surface area contributed by atoms with Crippen LogP contribution in [-0.2, 0) is 9.53 Å². The van der Waals surface area contributed by atoms with Crippen molar-refractivity contribution in [2.75, 3.05) is 33.4 Å². The minimum Gasteiger partial charge on any atom is -0.383 e. The summed E-state index contributed by atoms with van der Waals surface area (Å²) in [5.41, 5.74) is 0.302. The van der Waals surface area contributed by atoms with Gasteiger partial charge in [0, 0.05) is 37.8 Å². The van der Waals surface area contributed by atoms with E-state index in [9.17, 15) is 9.59 Å². The first-order valence-corrected chi connectivity index (χ1v) is 10.3. The van der Waals surface area contributed by atoms with E-state index >= 15 is 0 Å². The van der Waals surface area contributed by atoms with Crippen LogP contribution in [0.25, 0.3) is 0 Å². The fourth-order valence-corrected chi connectivity index (χ4v) is 3.73. The molecule has 2 amide bonds. The number of likely N-dealkylation sites (tertiary alicyclic amines) is 1. The van der Waals surface area contributed by atoms with Gasteiger partial charge < -0.3 is 20.3 Å². The molecule has 0 spiro atoms. The van der Waals surface area contributed by atoms with Crippen LogP contribution in [0.4, 0.5) is 0 Å². The van der Waals surface area contributed by atoms with Crippen molar-refractivity contribution in [3.63, 3.8) is 0 Å². The molecule has 28 heavy (non-hydrogen) atoms. The maximum absolute atomic E-state index is 12.8. The lowest BCUT2D eigenvalue weighted by Gasteiger charge is -2.33. The van der Waals surface area contributed by atoms with Crippen molar-refractivity contribution in [2.24, 2.45) is 5.92 Å². The summed E-state index contributed by atoms with van der Waals surface area (Å²) in [5.74, 6) is -0.606. The molecule has 6 nitrogen and oxygen atoms in total. The van der Waals surface area contributed by atoms with E-state index in [0.717, 1.165) is 32.5 Å². The van der Waals surface area contributed by atoms with Gasteiger partial charge in [0.15, 0.2) is 0 Å². The molecule has 1 fully saturated rings. The summed E-state index contributed by atoms with van der Waals surface area (Å²) < 4.78 is 5.11. The smallest absolute Gasteiger partial charge is 0.253 e. The van der Waals surface area contributed by atoms with Crippen molar-refractivity contribution >= 4 is 35.0 Å². The lowest BCUT2D eigenvalue weighted by Crippen LogP contribution is -2.54. The molecule has 2 rings (SSSR count). The Morgan fingerprint density at radius 3 is 2.50 bits per heavy atom. The molecule has 1 saturated heterocycles. The molecule has 156 valence electrons. The van der Waals surface area contributed by atoms with Gasteiger partial charge in [0.25, 0.3) is 5.91 Å². The molecule has 1 aromatic carbocycles. The Bertz CT molecular complexity index is 677. The normalized spacial score (nSPS) is 16.8. The van der Waals surface area contributed by atoms with Gasteiger partial charge >= 0.3 is 0 Å². The molecule has 1 unspecified atom stereocenters. The van der Waals surface area contributed by atoms with E-state index in [1.807, 2.05) is 13.8 Å². The van der Waals surface area contributed by atoms with Gasteiger partial charge in [0.1, 0.15) is 6.04 Å². The zero-order valence-corrected chi connectivity index (χ0v) is 18.1. The summed E-state index contributed by atoms with van der Waals surface area (Å²) in [6.07, 6.45) is 1.77. The molecule has 0 aromatic heterocycles. The molecule has 2 N–H and O–H groups in total. The van der Waals surface area contributed by atoms with Crippen LogP contribution < -0.4 is 10.6 Å². The van der Waals surface area contributed by atoms with Crippen molar-refractivity contribution in [2.45, 2.75) is 38.8 Å². The number of methoxy groups -OCH3 is 1. The Kier molecular flexibility index (Phi) is 9.02. The summed E-state index contributed by atoms with van der Waals surface area (Å²) >= 11 is 12.0. The molecule has 1 aromatic rings. The lowest BCUT2D eigenvalue weighted by molar-refractivity contribution is -0.125. The molecule has 1 atom stereocenters. The molecule has 1 aliphatic rings. The minimum atomic E-state index is -0.634. The van der Waals surface area contributed by atoms with Gasteiger partial charge in [-0.1, -0.05) is 37.0 Å². The second-order valence-corrected chi connectivity index (χ2v) is 8.28. The Morgan fingerprint density at radius 2 is 1.93 bits per heavy atom. The van der Waals surface area contributed by atoms with Crippen LogP contribution >= 0.6 is 23.2 Å². The molecular formula is C20H29Cl2N3O3. The van der Waals surface area contributed by atoms with Crippen LogP contribution in [0.3, 0.4) is 0 Å². The Morgan fingerprint density at radius 1 is 1.25 bits per heavy atom. The average Bonchev–Trinajstić information content (AvgIpc) is 2.65. The van der Waals surface area contributed by atoms with Crippen LogP contribution in [-0.4, -0.2) is 62.1 Å². The monoisotopic (exact) mass is 429 g/mol. The van der Waals surface area contributed by atoms with Crippen LogP contribution in [0.15, 0.2) is 18.2 Å². The van der Waals surface area contributed by atoms with Gasteiger partial charge in [-0.2, -0.15) is 0 Å². The second-order valence-electron chi connectivity index (χ2n) is 7.44. The van der Waals surface area contributed by atoms with E-state index in [4.69, 9.17) is 27.9 Å². The van der Waals surface area contributed by atoms with Gasteiger partial charge in [-0.05, 0) is 37.0 Å². The summed E-state index contributed by atoms with van der Waals surface area (Å²) in [6.45, 7) is 7.28. The van der Waals surface area contributed by atoms with Crippen LogP contribution in [0, 0.1) is 5.92 Å². The van der Waals surface area contributed by atoms with Crippen LogP contribution in [0.5, 0.6) is 0 Å². The van der Waals surface area contributed by atoms with E-state index in [1.54, 1.807) is 19.2 Å². The van der Waals surface area contributed by atoms with E-state index in [2.05, 4.69) is 15.5 Å². The van der Waals surface area contributed by atoms with Gasteiger partial charge in [-0.3, -0.25) is 9.59 Å². The van der Waals surface area contributed by atoms with Crippen molar-refractivity contribution in [3.8, 4) is 0 Å². The molecule has 1 aliphatic heterocycles. The third-order valence-electron chi connectivity index (χ3n) is 4.96. The number of benzene rings is 1. The topological polar surface area (TPSA) is 70.7 Å². The third kappa shape index (κ3) is 6.62. The molecule has 0 radical (unpaired) electrons. The van der Waals surface area contributed by atoms with Crippen LogP contribution in [0.2, 0.25) is 10.0 Å². The quantitative estimate of drug-likeness (QED) is 0.666. The Hall–Kier alpha value is -1.34. The largest absolute Gasteiger partial charge is 0.383 e. The van der Waals surface area contributed by atoms with Crippen molar-refractivity contribution in [1.82, 2.24) is 15.5 Å². The van der Waals surface area contributed by atoms with E-state index in [0.29, 0.717) is 17.2 Å². The van der Waals surface area contributed by atoms with Crippen molar-refractivity contribution in [3.05, 3.63) is 33.8 Å². The Balaban J connectivity index is 1.92. The first kappa shape index (κ1) is 22.9. The molecule has 0 bridgehead atoms. The van der Waals surface area contributed by atoms with Gasteiger partial charge in [-0.25, -0.2) is 0 Å². The summed E-state index contributed by atoms with van der Waals surface area (Å²) in [6, 6.07) is 4.16. The van der Waals surface area contributed by atoms with Gasteiger partial charge in [0.05, 0.1) is 17.2 Å². The average molecular weight is 430 g/mol.